The Morgan fingerprint density at radius 1 is 1.14 bits per heavy atom. The van der Waals surface area contributed by atoms with Crippen LogP contribution in [0.2, 0.25) is 5.02 Å². The Morgan fingerprint density at radius 2 is 1.79 bits per heavy atom. The lowest BCUT2D eigenvalue weighted by Gasteiger charge is -2.22. The maximum Gasteiger partial charge on any atom is 0.325 e. The van der Waals surface area contributed by atoms with Crippen LogP contribution in [-0.4, -0.2) is 47.5 Å². The number of carbonyl (C=O) groups excluding carboxylic acids is 3. The van der Waals surface area contributed by atoms with Crippen molar-refractivity contribution >= 4 is 58.1 Å². The SMILES string of the molecule is COC(=O)CN1C(=S)N(c2ccccc2)C(=O)[C@@H]1CC(=O)Nc1ccc(Cl)cc1. The van der Waals surface area contributed by atoms with Gasteiger partial charge < -0.3 is 15.0 Å². The molecule has 0 spiro atoms. The summed E-state index contributed by atoms with van der Waals surface area (Å²) < 4.78 is 4.71. The smallest absolute Gasteiger partial charge is 0.325 e. The van der Waals surface area contributed by atoms with Crippen LogP contribution >= 0.6 is 23.8 Å². The van der Waals surface area contributed by atoms with Crippen LogP contribution in [0.3, 0.4) is 0 Å². The molecular formula is C20H18ClN3O4S. The first-order valence-electron chi connectivity index (χ1n) is 8.72. The number of anilines is 2. The van der Waals surface area contributed by atoms with Crippen LogP contribution in [0.5, 0.6) is 0 Å². The molecule has 0 saturated carbocycles. The van der Waals surface area contributed by atoms with Crippen LogP contribution in [0.25, 0.3) is 0 Å². The van der Waals surface area contributed by atoms with Crippen molar-refractivity contribution in [2.24, 2.45) is 0 Å². The van der Waals surface area contributed by atoms with E-state index in [9.17, 15) is 14.4 Å². The number of hydrogen-bond acceptors (Lipinski definition) is 5. The molecule has 0 aromatic heterocycles. The Labute approximate surface area is 178 Å². The fourth-order valence-electron chi connectivity index (χ4n) is 2.95. The molecule has 150 valence electrons. The molecule has 1 aliphatic heterocycles. The molecule has 1 atom stereocenters. The highest BCUT2D eigenvalue weighted by molar-refractivity contribution is 7.80. The number of esters is 1. The molecule has 1 fully saturated rings. The number of benzene rings is 2. The number of thiocarbonyl (C=S) groups is 1. The van der Waals surface area contributed by atoms with Gasteiger partial charge in [0.2, 0.25) is 5.91 Å². The van der Waals surface area contributed by atoms with Crippen LogP contribution in [0.15, 0.2) is 54.6 Å². The van der Waals surface area contributed by atoms with Crippen molar-refractivity contribution < 1.29 is 19.1 Å². The summed E-state index contributed by atoms with van der Waals surface area (Å²) in [5, 5.41) is 3.41. The summed E-state index contributed by atoms with van der Waals surface area (Å²) in [4.78, 5) is 40.2. The van der Waals surface area contributed by atoms with Crippen LogP contribution in [-0.2, 0) is 19.1 Å². The highest BCUT2D eigenvalue weighted by Crippen LogP contribution is 2.27. The zero-order chi connectivity index (χ0) is 21.0. The molecule has 7 nitrogen and oxygen atoms in total. The van der Waals surface area contributed by atoms with Gasteiger partial charge in [-0.05, 0) is 48.6 Å². The summed E-state index contributed by atoms with van der Waals surface area (Å²) in [6, 6.07) is 14.5. The van der Waals surface area contributed by atoms with Crippen molar-refractivity contribution in [2.75, 3.05) is 23.9 Å². The van der Waals surface area contributed by atoms with Crippen molar-refractivity contribution in [3.8, 4) is 0 Å². The average molecular weight is 432 g/mol. The molecule has 2 aromatic carbocycles. The van der Waals surface area contributed by atoms with E-state index in [1.54, 1.807) is 48.5 Å². The van der Waals surface area contributed by atoms with Crippen molar-refractivity contribution in [3.63, 3.8) is 0 Å². The number of hydrogen-bond donors (Lipinski definition) is 1. The predicted molar refractivity (Wildman–Crippen MR) is 114 cm³/mol. The lowest BCUT2D eigenvalue weighted by molar-refractivity contribution is -0.141. The average Bonchev–Trinajstić information content (AvgIpc) is 2.94. The molecule has 1 heterocycles. The molecule has 1 N–H and O–H groups in total. The minimum atomic E-state index is -0.922. The van der Waals surface area contributed by atoms with Gasteiger partial charge in [0.05, 0.1) is 19.2 Å². The molecule has 0 aliphatic carbocycles. The molecule has 2 amide bonds. The minimum absolute atomic E-state index is 0.149. The molecule has 3 rings (SSSR count). The fourth-order valence-corrected chi connectivity index (χ4v) is 3.47. The number of nitrogens with one attached hydrogen (secondary N) is 1. The quantitative estimate of drug-likeness (QED) is 0.559. The van der Waals surface area contributed by atoms with E-state index < -0.39 is 17.9 Å². The highest BCUT2D eigenvalue weighted by atomic mass is 35.5. The van der Waals surface area contributed by atoms with Crippen LogP contribution in [0.4, 0.5) is 11.4 Å². The first kappa shape index (κ1) is 20.8. The maximum absolute atomic E-state index is 13.1. The second kappa shape index (κ2) is 9.02. The number of nitrogens with zero attached hydrogens (tertiary/aromatic N) is 2. The van der Waals surface area contributed by atoms with Crippen molar-refractivity contribution in [1.82, 2.24) is 4.90 Å². The van der Waals surface area contributed by atoms with Crippen molar-refractivity contribution in [3.05, 3.63) is 59.6 Å². The summed E-state index contributed by atoms with van der Waals surface area (Å²) >= 11 is 11.3. The Kier molecular flexibility index (Phi) is 6.46. The second-order valence-electron chi connectivity index (χ2n) is 6.27. The van der Waals surface area contributed by atoms with Crippen LogP contribution in [0, 0.1) is 0 Å². The summed E-state index contributed by atoms with van der Waals surface area (Å²) in [7, 11) is 1.25. The predicted octanol–water partition coefficient (Wildman–Crippen LogP) is 2.84. The standard InChI is InChI=1S/C20H18ClN3O4S/c1-28-18(26)12-23-16(11-17(25)22-14-9-7-13(21)8-10-14)19(27)24(20(23)29)15-5-3-2-4-6-15/h2-10,16H,11-12H2,1H3,(H,22,25)/t16-/m0/s1. The molecule has 9 heteroatoms. The Bertz CT molecular complexity index is 937. The van der Waals surface area contributed by atoms with Gasteiger partial charge in [0.15, 0.2) is 5.11 Å². The van der Waals surface area contributed by atoms with Gasteiger partial charge >= 0.3 is 5.97 Å². The molecule has 1 aliphatic rings. The monoisotopic (exact) mass is 431 g/mol. The third kappa shape index (κ3) is 4.72. The Morgan fingerprint density at radius 3 is 2.41 bits per heavy atom. The number of carbonyl (C=O) groups is 3. The van der Waals surface area contributed by atoms with Crippen LogP contribution in [0.1, 0.15) is 6.42 Å². The number of methoxy groups -OCH3 is 1. The highest BCUT2D eigenvalue weighted by Gasteiger charge is 2.44. The Balaban J connectivity index is 1.81. The third-order valence-corrected chi connectivity index (χ3v) is 5.04. The molecule has 0 unspecified atom stereocenters. The van der Waals surface area contributed by atoms with E-state index in [2.05, 4.69) is 5.32 Å². The summed E-state index contributed by atoms with van der Waals surface area (Å²) in [6.07, 6.45) is -0.179. The Hall–Kier alpha value is -2.97. The molecule has 2 aromatic rings. The molecular weight excluding hydrogens is 414 g/mol. The first-order chi connectivity index (χ1) is 13.9. The number of para-hydroxylation sites is 1. The van der Waals surface area contributed by atoms with Gasteiger partial charge in [0.25, 0.3) is 5.91 Å². The lowest BCUT2D eigenvalue weighted by Crippen LogP contribution is -2.41. The molecule has 1 saturated heterocycles. The third-order valence-electron chi connectivity index (χ3n) is 4.37. The van der Waals surface area contributed by atoms with Gasteiger partial charge in [0.1, 0.15) is 12.6 Å². The van der Waals surface area contributed by atoms with E-state index in [1.807, 2.05) is 6.07 Å². The number of ether oxygens (including phenoxy) is 1. The van der Waals surface area contributed by atoms with E-state index in [1.165, 1.54) is 16.9 Å². The summed E-state index contributed by atoms with van der Waals surface area (Å²) in [5.41, 5.74) is 1.12. The number of rotatable bonds is 6. The van der Waals surface area contributed by atoms with Gasteiger partial charge in [-0.1, -0.05) is 29.8 Å². The molecule has 29 heavy (non-hydrogen) atoms. The topological polar surface area (TPSA) is 79.0 Å². The van der Waals surface area contributed by atoms with E-state index >= 15 is 0 Å². The van der Waals surface area contributed by atoms with Gasteiger partial charge in [-0.15, -0.1) is 0 Å². The normalized spacial score (nSPS) is 16.1. The molecule has 0 bridgehead atoms. The maximum atomic E-state index is 13.1. The first-order valence-corrected chi connectivity index (χ1v) is 9.51. The van der Waals surface area contributed by atoms with Crippen LogP contribution < -0.4 is 10.2 Å². The van der Waals surface area contributed by atoms with Gasteiger partial charge in [0, 0.05) is 10.7 Å². The van der Waals surface area contributed by atoms with E-state index in [-0.39, 0.29) is 24.0 Å². The largest absolute Gasteiger partial charge is 0.468 e. The van der Waals surface area contributed by atoms with E-state index in [4.69, 9.17) is 28.6 Å². The zero-order valence-electron chi connectivity index (χ0n) is 15.5. The number of halogens is 1. The number of amides is 2. The van der Waals surface area contributed by atoms with Crippen molar-refractivity contribution in [1.29, 1.82) is 0 Å². The van der Waals surface area contributed by atoms with Gasteiger partial charge in [-0.2, -0.15) is 0 Å². The zero-order valence-corrected chi connectivity index (χ0v) is 17.1. The lowest BCUT2D eigenvalue weighted by atomic mass is 10.1. The van der Waals surface area contributed by atoms with E-state index in [0.717, 1.165) is 0 Å². The van der Waals surface area contributed by atoms with Crippen molar-refractivity contribution in [2.45, 2.75) is 12.5 Å². The molecule has 0 radical (unpaired) electrons. The van der Waals surface area contributed by atoms with E-state index in [0.29, 0.717) is 16.4 Å². The second-order valence-corrected chi connectivity index (χ2v) is 7.07. The van der Waals surface area contributed by atoms with Gasteiger partial charge in [-0.3, -0.25) is 19.3 Å². The summed E-state index contributed by atoms with van der Waals surface area (Å²) in [6.45, 7) is -0.233. The van der Waals surface area contributed by atoms with Gasteiger partial charge in [-0.25, -0.2) is 0 Å². The summed E-state index contributed by atoms with van der Waals surface area (Å²) in [5.74, 6) is -1.33. The minimum Gasteiger partial charge on any atom is -0.468 e. The fraction of sp³-hybridized carbons (Fsp3) is 0.200.